The highest BCUT2D eigenvalue weighted by Gasteiger charge is 2.34. The minimum atomic E-state index is -3.64. The molecule has 0 spiro atoms. The molecule has 1 saturated heterocycles. The normalized spacial score (nSPS) is 18.8. The lowest BCUT2D eigenvalue weighted by molar-refractivity contribution is -0.120. The number of piperidine rings is 1. The Bertz CT molecular complexity index is 845. The van der Waals surface area contributed by atoms with Gasteiger partial charge in [-0.1, -0.05) is 26.0 Å². The molecular formula is C18H24N4O3S. The van der Waals surface area contributed by atoms with E-state index in [9.17, 15) is 13.2 Å². The van der Waals surface area contributed by atoms with Crippen molar-refractivity contribution in [2.45, 2.75) is 37.6 Å². The number of benzene rings is 1. The molecule has 0 saturated carbocycles. The van der Waals surface area contributed by atoms with Gasteiger partial charge < -0.3 is 10.3 Å². The molecule has 1 aromatic heterocycles. The van der Waals surface area contributed by atoms with Crippen LogP contribution >= 0.6 is 0 Å². The molecule has 1 fully saturated rings. The number of amides is 1. The Morgan fingerprint density at radius 1 is 1.31 bits per heavy atom. The van der Waals surface area contributed by atoms with Gasteiger partial charge in [-0.05, 0) is 36.5 Å². The quantitative estimate of drug-likeness (QED) is 0.838. The van der Waals surface area contributed by atoms with Crippen molar-refractivity contribution in [3.05, 3.63) is 42.4 Å². The Hall–Kier alpha value is -2.19. The fourth-order valence-corrected chi connectivity index (χ4v) is 4.51. The van der Waals surface area contributed by atoms with Crippen LogP contribution in [-0.4, -0.2) is 41.7 Å². The van der Waals surface area contributed by atoms with Gasteiger partial charge in [-0.25, -0.2) is 13.4 Å². The molecule has 8 heteroatoms. The number of imidazole rings is 1. The Kier molecular flexibility index (Phi) is 5.43. The molecule has 1 atom stereocenters. The summed E-state index contributed by atoms with van der Waals surface area (Å²) in [6, 6.07) is 7.76. The molecule has 1 aliphatic rings. The summed E-state index contributed by atoms with van der Waals surface area (Å²) in [5, 5.41) is 2.96. The molecule has 1 aromatic carbocycles. The van der Waals surface area contributed by atoms with Crippen LogP contribution in [-0.2, 0) is 14.8 Å². The van der Waals surface area contributed by atoms with E-state index in [-0.39, 0.29) is 23.4 Å². The number of nitrogens with zero attached hydrogens (tertiary/aromatic N) is 2. The smallest absolute Gasteiger partial charge is 0.260 e. The van der Waals surface area contributed by atoms with Gasteiger partial charge in [-0.2, -0.15) is 4.31 Å². The number of sulfonamides is 1. The predicted octanol–water partition coefficient (Wildman–Crippen LogP) is 2.57. The number of rotatable bonds is 5. The largest absolute Gasteiger partial charge is 0.335 e. The van der Waals surface area contributed by atoms with Crippen molar-refractivity contribution in [2.24, 2.45) is 5.92 Å². The summed E-state index contributed by atoms with van der Waals surface area (Å²) in [6.07, 6.45) is 3.94. The number of aromatic nitrogens is 2. The van der Waals surface area contributed by atoms with Crippen LogP contribution in [0.3, 0.4) is 0 Å². The second-order valence-corrected chi connectivity index (χ2v) is 8.79. The Labute approximate surface area is 153 Å². The highest BCUT2D eigenvalue weighted by Crippen LogP contribution is 2.24. The van der Waals surface area contributed by atoms with Crippen LogP contribution in [0, 0.1) is 5.92 Å². The lowest BCUT2D eigenvalue weighted by atomic mass is 9.98. The summed E-state index contributed by atoms with van der Waals surface area (Å²) in [6.45, 7) is 4.82. The number of H-pyrrole nitrogens is 1. The van der Waals surface area contributed by atoms with E-state index in [0.29, 0.717) is 25.3 Å². The zero-order valence-corrected chi connectivity index (χ0v) is 15.8. The molecule has 0 unspecified atom stereocenters. The van der Waals surface area contributed by atoms with Crippen molar-refractivity contribution >= 4 is 21.6 Å². The fraction of sp³-hybridized carbons (Fsp3) is 0.444. The van der Waals surface area contributed by atoms with Crippen molar-refractivity contribution in [1.29, 1.82) is 0 Å². The lowest BCUT2D eigenvalue weighted by Gasteiger charge is -2.30. The molecule has 3 rings (SSSR count). The highest BCUT2D eigenvalue weighted by atomic mass is 32.2. The third kappa shape index (κ3) is 3.96. The summed E-state index contributed by atoms with van der Waals surface area (Å²) < 4.78 is 26.6. The molecule has 2 heterocycles. The van der Waals surface area contributed by atoms with E-state index >= 15 is 0 Å². The van der Waals surface area contributed by atoms with E-state index in [1.807, 2.05) is 24.3 Å². The SMILES string of the molecule is CC(C)c1ccc(NC(=O)[C@@H]2CCCN(S(=O)(=O)c3cnc[nH]3)C2)cc1. The molecule has 2 aromatic rings. The first-order valence-corrected chi connectivity index (χ1v) is 10.2. The molecular weight excluding hydrogens is 352 g/mol. The van der Waals surface area contributed by atoms with Gasteiger partial charge >= 0.3 is 0 Å². The van der Waals surface area contributed by atoms with Gasteiger partial charge in [0.05, 0.1) is 18.4 Å². The van der Waals surface area contributed by atoms with Gasteiger partial charge in [0.1, 0.15) is 0 Å². The number of carbonyl (C=O) groups is 1. The topological polar surface area (TPSA) is 95.2 Å². The van der Waals surface area contributed by atoms with Crippen molar-refractivity contribution < 1.29 is 13.2 Å². The minimum Gasteiger partial charge on any atom is -0.335 e. The maximum Gasteiger partial charge on any atom is 0.260 e. The first-order chi connectivity index (χ1) is 12.4. The first-order valence-electron chi connectivity index (χ1n) is 8.77. The summed E-state index contributed by atoms with van der Waals surface area (Å²) in [4.78, 5) is 19.0. The summed E-state index contributed by atoms with van der Waals surface area (Å²) in [5.41, 5.74) is 1.94. The summed E-state index contributed by atoms with van der Waals surface area (Å²) in [7, 11) is -3.64. The number of carbonyl (C=O) groups excluding carboxylic acids is 1. The van der Waals surface area contributed by atoms with E-state index in [4.69, 9.17) is 0 Å². The van der Waals surface area contributed by atoms with Crippen LogP contribution in [0.2, 0.25) is 0 Å². The minimum absolute atomic E-state index is 0.0582. The van der Waals surface area contributed by atoms with Crippen LogP contribution in [0.25, 0.3) is 0 Å². The number of nitrogens with one attached hydrogen (secondary N) is 2. The van der Waals surface area contributed by atoms with E-state index < -0.39 is 10.0 Å². The van der Waals surface area contributed by atoms with E-state index in [2.05, 4.69) is 29.1 Å². The van der Waals surface area contributed by atoms with Crippen molar-refractivity contribution in [3.8, 4) is 0 Å². The standard InChI is InChI=1S/C18H24N4O3S/c1-13(2)14-5-7-16(8-6-14)21-18(23)15-4-3-9-22(11-15)26(24,25)17-10-19-12-20-17/h5-8,10,12-13,15H,3-4,9,11H2,1-2H3,(H,19,20)(H,21,23)/t15-/m1/s1. The molecule has 2 N–H and O–H groups in total. The Balaban J connectivity index is 1.66. The lowest BCUT2D eigenvalue weighted by Crippen LogP contribution is -2.43. The number of anilines is 1. The van der Waals surface area contributed by atoms with Gasteiger partial charge in [-0.3, -0.25) is 4.79 Å². The first kappa shape index (κ1) is 18.6. The molecule has 0 radical (unpaired) electrons. The Morgan fingerprint density at radius 2 is 2.04 bits per heavy atom. The molecule has 0 bridgehead atoms. The van der Waals surface area contributed by atoms with E-state index in [1.165, 1.54) is 22.4 Å². The predicted molar refractivity (Wildman–Crippen MR) is 99.2 cm³/mol. The number of hydrogen-bond acceptors (Lipinski definition) is 4. The zero-order valence-electron chi connectivity index (χ0n) is 15.0. The van der Waals surface area contributed by atoms with Crippen LogP contribution in [0.4, 0.5) is 5.69 Å². The third-order valence-electron chi connectivity index (χ3n) is 4.69. The van der Waals surface area contributed by atoms with Crippen LogP contribution in [0.15, 0.2) is 41.8 Å². The van der Waals surface area contributed by atoms with Crippen LogP contribution < -0.4 is 5.32 Å². The molecule has 26 heavy (non-hydrogen) atoms. The maximum absolute atomic E-state index is 12.6. The summed E-state index contributed by atoms with van der Waals surface area (Å²) >= 11 is 0. The van der Waals surface area contributed by atoms with Crippen LogP contribution in [0.1, 0.15) is 38.2 Å². The monoisotopic (exact) mass is 376 g/mol. The van der Waals surface area contributed by atoms with E-state index in [1.54, 1.807) is 0 Å². The maximum atomic E-state index is 12.6. The third-order valence-corrected chi connectivity index (χ3v) is 6.48. The van der Waals surface area contributed by atoms with Gasteiger partial charge in [0, 0.05) is 18.8 Å². The number of aromatic amines is 1. The fourth-order valence-electron chi connectivity index (χ4n) is 3.09. The van der Waals surface area contributed by atoms with Crippen molar-refractivity contribution in [1.82, 2.24) is 14.3 Å². The van der Waals surface area contributed by atoms with Gasteiger partial charge in [0.15, 0.2) is 5.03 Å². The van der Waals surface area contributed by atoms with Crippen molar-refractivity contribution in [3.63, 3.8) is 0 Å². The molecule has 1 aliphatic heterocycles. The molecule has 7 nitrogen and oxygen atoms in total. The average Bonchev–Trinajstić information content (AvgIpc) is 3.18. The second kappa shape index (κ2) is 7.59. The molecule has 140 valence electrons. The Morgan fingerprint density at radius 3 is 2.65 bits per heavy atom. The van der Waals surface area contributed by atoms with E-state index in [0.717, 1.165) is 5.69 Å². The molecule has 0 aliphatic carbocycles. The van der Waals surface area contributed by atoms with Crippen molar-refractivity contribution in [2.75, 3.05) is 18.4 Å². The molecule has 1 amide bonds. The van der Waals surface area contributed by atoms with Gasteiger partial charge in [0.2, 0.25) is 5.91 Å². The zero-order chi connectivity index (χ0) is 18.7. The van der Waals surface area contributed by atoms with Gasteiger partial charge in [0.25, 0.3) is 10.0 Å². The summed E-state index contributed by atoms with van der Waals surface area (Å²) in [5.74, 6) is -0.0858. The highest BCUT2D eigenvalue weighted by molar-refractivity contribution is 7.89. The van der Waals surface area contributed by atoms with Crippen LogP contribution in [0.5, 0.6) is 0 Å². The average molecular weight is 376 g/mol. The second-order valence-electron chi connectivity index (χ2n) is 6.88. The van der Waals surface area contributed by atoms with Gasteiger partial charge in [-0.15, -0.1) is 0 Å². The number of hydrogen-bond donors (Lipinski definition) is 2.